The quantitative estimate of drug-likeness (QED) is 0.555. The summed E-state index contributed by atoms with van der Waals surface area (Å²) in [6.07, 6.45) is 1.68. The summed E-state index contributed by atoms with van der Waals surface area (Å²) in [6, 6.07) is 10.8. The second-order valence-electron chi connectivity index (χ2n) is 6.71. The number of hydrogen-bond acceptors (Lipinski definition) is 5. The molecular weight excluding hydrogens is 372 g/mol. The molecule has 1 N–H and O–H groups in total. The Morgan fingerprint density at radius 3 is 2.76 bits per heavy atom. The average Bonchev–Trinajstić information content (AvgIpc) is 3.03. The van der Waals surface area contributed by atoms with Crippen LogP contribution < -0.4 is 9.47 Å². The number of carboxylic acids is 1. The Morgan fingerprint density at radius 2 is 2.03 bits per heavy atom. The predicted molar refractivity (Wildman–Crippen MR) is 108 cm³/mol. The summed E-state index contributed by atoms with van der Waals surface area (Å²) in [5, 5.41) is 8.97. The number of benzene rings is 1. The number of rotatable bonds is 9. The summed E-state index contributed by atoms with van der Waals surface area (Å²) in [5.74, 6) is 0.0701. The van der Waals surface area contributed by atoms with Gasteiger partial charge < -0.3 is 14.6 Å². The van der Waals surface area contributed by atoms with Gasteiger partial charge in [0.05, 0.1) is 12.3 Å². The first-order chi connectivity index (χ1) is 13.9. The van der Waals surface area contributed by atoms with Crippen LogP contribution in [0.2, 0.25) is 0 Å². The van der Waals surface area contributed by atoms with Crippen LogP contribution in [-0.4, -0.2) is 39.0 Å². The monoisotopic (exact) mass is 396 g/mol. The number of hydrogen-bond donors (Lipinski definition) is 1. The highest BCUT2D eigenvalue weighted by atomic mass is 16.5. The summed E-state index contributed by atoms with van der Waals surface area (Å²) in [6.45, 7) is 5.72. The highest BCUT2D eigenvalue weighted by Crippen LogP contribution is 2.24. The molecule has 0 amide bonds. The number of imidazole rings is 1. The standard InChI is InChI=1S/C22H24N2O5/c1-4-28-19-9-6-12-24-20(14(2)23-21(19)24)18(25)11-10-16-7-5-8-17(13-16)29-15(3)22(26)27/h5-9,12-13,15H,4,10-11H2,1-3H3,(H,26,27)/t15-/m0/s1. The van der Waals surface area contributed by atoms with Crippen LogP contribution in [0.15, 0.2) is 42.6 Å². The largest absolute Gasteiger partial charge is 0.490 e. The van der Waals surface area contributed by atoms with Crippen molar-refractivity contribution < 1.29 is 24.2 Å². The van der Waals surface area contributed by atoms with Crippen LogP contribution in [0.4, 0.5) is 0 Å². The number of ether oxygens (including phenoxy) is 2. The molecule has 0 radical (unpaired) electrons. The Morgan fingerprint density at radius 1 is 1.24 bits per heavy atom. The van der Waals surface area contributed by atoms with Gasteiger partial charge in [0.2, 0.25) is 0 Å². The third kappa shape index (κ3) is 4.56. The van der Waals surface area contributed by atoms with Gasteiger partial charge in [-0.3, -0.25) is 9.20 Å². The average molecular weight is 396 g/mol. The Bertz CT molecular complexity index is 1040. The second kappa shape index (κ2) is 8.77. The number of nitrogens with zero attached hydrogens (tertiary/aromatic N) is 2. The SMILES string of the molecule is CCOc1cccn2c(C(=O)CCc3cccc(O[C@@H](C)C(=O)O)c3)c(C)nc12. The van der Waals surface area contributed by atoms with E-state index in [0.29, 0.717) is 48.0 Å². The lowest BCUT2D eigenvalue weighted by atomic mass is 10.0. The van der Waals surface area contributed by atoms with Gasteiger partial charge in [-0.1, -0.05) is 12.1 Å². The van der Waals surface area contributed by atoms with E-state index in [9.17, 15) is 9.59 Å². The highest BCUT2D eigenvalue weighted by molar-refractivity contribution is 5.96. The maximum Gasteiger partial charge on any atom is 0.344 e. The molecule has 0 aliphatic carbocycles. The molecule has 0 bridgehead atoms. The van der Waals surface area contributed by atoms with Crippen molar-refractivity contribution in [1.29, 1.82) is 0 Å². The molecule has 1 aromatic carbocycles. The minimum Gasteiger partial charge on any atom is -0.490 e. The van der Waals surface area contributed by atoms with E-state index in [2.05, 4.69) is 4.98 Å². The number of ketones is 1. The predicted octanol–water partition coefficient (Wildman–Crippen LogP) is 3.71. The summed E-state index contributed by atoms with van der Waals surface area (Å²) >= 11 is 0. The minimum atomic E-state index is -1.03. The van der Waals surface area contributed by atoms with Gasteiger partial charge in [0.1, 0.15) is 11.4 Å². The number of aryl methyl sites for hydroxylation is 2. The van der Waals surface area contributed by atoms with E-state index in [1.807, 2.05) is 38.2 Å². The molecular formula is C22H24N2O5. The van der Waals surface area contributed by atoms with E-state index in [0.717, 1.165) is 5.56 Å². The third-order valence-corrected chi connectivity index (χ3v) is 4.55. The topological polar surface area (TPSA) is 90.1 Å². The number of carboxylic acid groups (broad SMARTS) is 1. The molecule has 0 fully saturated rings. The molecule has 2 heterocycles. The number of carbonyl (C=O) groups is 2. The van der Waals surface area contributed by atoms with Crippen molar-refractivity contribution in [3.8, 4) is 11.5 Å². The Balaban J connectivity index is 1.76. The lowest BCUT2D eigenvalue weighted by Gasteiger charge is -2.11. The van der Waals surface area contributed by atoms with Gasteiger partial charge >= 0.3 is 5.97 Å². The van der Waals surface area contributed by atoms with Crippen LogP contribution in [-0.2, 0) is 11.2 Å². The van der Waals surface area contributed by atoms with Crippen LogP contribution >= 0.6 is 0 Å². The van der Waals surface area contributed by atoms with Crippen LogP contribution in [0.5, 0.6) is 11.5 Å². The zero-order valence-corrected chi connectivity index (χ0v) is 16.7. The molecule has 29 heavy (non-hydrogen) atoms. The van der Waals surface area contributed by atoms with Crippen molar-refractivity contribution in [1.82, 2.24) is 9.38 Å². The molecule has 7 nitrogen and oxygen atoms in total. The third-order valence-electron chi connectivity index (χ3n) is 4.55. The van der Waals surface area contributed by atoms with Crippen molar-refractivity contribution in [3.63, 3.8) is 0 Å². The number of carbonyl (C=O) groups excluding carboxylic acids is 1. The Labute approximate surface area is 168 Å². The molecule has 0 spiro atoms. The molecule has 3 aromatic rings. The van der Waals surface area contributed by atoms with Gasteiger partial charge in [-0.05, 0) is 57.0 Å². The molecule has 0 aliphatic heterocycles. The maximum absolute atomic E-state index is 12.9. The number of fused-ring (bicyclic) bond motifs is 1. The van der Waals surface area contributed by atoms with Gasteiger partial charge in [0.15, 0.2) is 23.3 Å². The highest BCUT2D eigenvalue weighted by Gasteiger charge is 2.19. The molecule has 0 saturated carbocycles. The molecule has 1 atom stereocenters. The maximum atomic E-state index is 12.9. The minimum absolute atomic E-state index is 0.0196. The van der Waals surface area contributed by atoms with E-state index in [1.165, 1.54) is 6.92 Å². The fraction of sp³-hybridized carbons (Fsp3) is 0.318. The molecule has 7 heteroatoms. The first kappa shape index (κ1) is 20.4. The summed E-state index contributed by atoms with van der Waals surface area (Å²) in [4.78, 5) is 28.4. The zero-order valence-electron chi connectivity index (χ0n) is 16.7. The Hall–Kier alpha value is -3.35. The van der Waals surface area contributed by atoms with E-state index < -0.39 is 12.1 Å². The lowest BCUT2D eigenvalue weighted by Crippen LogP contribution is -2.22. The smallest absolute Gasteiger partial charge is 0.344 e. The summed E-state index contributed by atoms with van der Waals surface area (Å²) < 4.78 is 12.8. The van der Waals surface area contributed by atoms with Crippen LogP contribution in [0, 0.1) is 6.92 Å². The first-order valence-electron chi connectivity index (χ1n) is 9.52. The van der Waals surface area contributed by atoms with Gasteiger partial charge in [0, 0.05) is 12.6 Å². The lowest BCUT2D eigenvalue weighted by molar-refractivity contribution is -0.144. The van der Waals surface area contributed by atoms with Crippen LogP contribution in [0.25, 0.3) is 5.65 Å². The molecule has 152 valence electrons. The van der Waals surface area contributed by atoms with E-state index in [4.69, 9.17) is 14.6 Å². The number of aliphatic carboxylic acids is 1. The van der Waals surface area contributed by atoms with Crippen molar-refractivity contribution in [3.05, 3.63) is 59.5 Å². The number of Topliss-reactive ketones (excluding diaryl/α,β-unsaturated/α-hetero) is 1. The van der Waals surface area contributed by atoms with Gasteiger partial charge in [-0.2, -0.15) is 0 Å². The van der Waals surface area contributed by atoms with Crippen LogP contribution in [0.3, 0.4) is 0 Å². The number of pyridine rings is 1. The molecule has 0 unspecified atom stereocenters. The first-order valence-corrected chi connectivity index (χ1v) is 9.52. The molecule has 2 aromatic heterocycles. The second-order valence-corrected chi connectivity index (χ2v) is 6.71. The van der Waals surface area contributed by atoms with Crippen LogP contribution in [0.1, 0.15) is 42.0 Å². The van der Waals surface area contributed by atoms with Gasteiger partial charge in [-0.25, -0.2) is 9.78 Å². The summed E-state index contributed by atoms with van der Waals surface area (Å²) in [7, 11) is 0. The van der Waals surface area contributed by atoms with Gasteiger partial charge in [0.25, 0.3) is 0 Å². The van der Waals surface area contributed by atoms with E-state index >= 15 is 0 Å². The molecule has 0 aliphatic rings. The fourth-order valence-electron chi connectivity index (χ4n) is 3.17. The van der Waals surface area contributed by atoms with Gasteiger partial charge in [-0.15, -0.1) is 0 Å². The van der Waals surface area contributed by atoms with E-state index in [1.54, 1.807) is 22.6 Å². The number of aromatic nitrogens is 2. The van der Waals surface area contributed by atoms with E-state index in [-0.39, 0.29) is 5.78 Å². The molecule has 3 rings (SSSR count). The normalized spacial score (nSPS) is 12.0. The van der Waals surface area contributed by atoms with Crippen molar-refractivity contribution in [2.75, 3.05) is 6.61 Å². The van der Waals surface area contributed by atoms with Crippen molar-refractivity contribution in [2.45, 2.75) is 39.7 Å². The molecule has 0 saturated heterocycles. The van der Waals surface area contributed by atoms with Crippen molar-refractivity contribution >= 4 is 17.4 Å². The Kier molecular flexibility index (Phi) is 6.16. The van der Waals surface area contributed by atoms with Crippen molar-refractivity contribution in [2.24, 2.45) is 0 Å². The zero-order chi connectivity index (χ0) is 21.0. The summed E-state index contributed by atoms with van der Waals surface area (Å²) in [5.41, 5.74) is 2.74. The fourth-order valence-corrected chi connectivity index (χ4v) is 3.17.